The summed E-state index contributed by atoms with van der Waals surface area (Å²) in [5.41, 5.74) is 9.26. The molecule has 0 bridgehead atoms. The van der Waals surface area contributed by atoms with Crippen molar-refractivity contribution < 1.29 is 0 Å². The highest BCUT2D eigenvalue weighted by Crippen LogP contribution is 2.17. The molecule has 102 valence electrons. The van der Waals surface area contributed by atoms with Crippen molar-refractivity contribution >= 4 is 5.52 Å². The number of benzene rings is 1. The van der Waals surface area contributed by atoms with E-state index < -0.39 is 0 Å². The molecule has 3 nitrogen and oxygen atoms in total. The molecule has 2 aromatic heterocycles. The molecule has 0 spiro atoms. The molecule has 0 aliphatic carbocycles. The van der Waals surface area contributed by atoms with Crippen molar-refractivity contribution in [2.75, 3.05) is 6.54 Å². The van der Waals surface area contributed by atoms with E-state index in [9.17, 15) is 0 Å². The summed E-state index contributed by atoms with van der Waals surface area (Å²) in [6.07, 6.45) is 4.87. The van der Waals surface area contributed by atoms with Crippen LogP contribution in [0.5, 0.6) is 0 Å². The van der Waals surface area contributed by atoms with E-state index in [2.05, 4.69) is 53.1 Å². The largest absolute Gasteiger partial charge is 0.330 e. The predicted octanol–water partition coefficient (Wildman–Crippen LogP) is 2.82. The Morgan fingerprint density at radius 1 is 1.00 bits per heavy atom. The summed E-state index contributed by atoms with van der Waals surface area (Å²) in [6.45, 7) is 0.708. The van der Waals surface area contributed by atoms with Crippen LogP contribution in [0.4, 0.5) is 0 Å². The van der Waals surface area contributed by atoms with Crippen molar-refractivity contribution in [3.05, 3.63) is 71.8 Å². The number of pyridine rings is 1. The summed E-state index contributed by atoms with van der Waals surface area (Å²) < 4.78 is 2.19. The van der Waals surface area contributed by atoms with Gasteiger partial charge >= 0.3 is 0 Å². The van der Waals surface area contributed by atoms with Crippen LogP contribution in [0, 0.1) is 0 Å². The Hall–Kier alpha value is -2.13. The van der Waals surface area contributed by atoms with Crippen LogP contribution in [0.3, 0.4) is 0 Å². The number of nitrogens with two attached hydrogens (primary N) is 1. The second-order valence-corrected chi connectivity index (χ2v) is 4.99. The van der Waals surface area contributed by atoms with E-state index in [1.54, 1.807) is 0 Å². The molecule has 3 aromatic rings. The number of imidazole rings is 1. The lowest BCUT2D eigenvalue weighted by Crippen LogP contribution is -2.00. The molecule has 0 aliphatic rings. The topological polar surface area (TPSA) is 43.3 Å². The van der Waals surface area contributed by atoms with Gasteiger partial charge in [-0.2, -0.15) is 0 Å². The minimum Gasteiger partial charge on any atom is -0.330 e. The van der Waals surface area contributed by atoms with E-state index in [1.165, 1.54) is 11.1 Å². The van der Waals surface area contributed by atoms with Crippen LogP contribution in [0.15, 0.2) is 54.7 Å². The highest BCUT2D eigenvalue weighted by Gasteiger charge is 2.10. The number of nitrogens with zero attached hydrogens (tertiary/aromatic N) is 2. The summed E-state index contributed by atoms with van der Waals surface area (Å²) in [5.74, 6) is 1.10. The maximum Gasteiger partial charge on any atom is 0.117 e. The van der Waals surface area contributed by atoms with Gasteiger partial charge in [0.2, 0.25) is 0 Å². The van der Waals surface area contributed by atoms with Gasteiger partial charge in [0.25, 0.3) is 0 Å². The third-order valence-corrected chi connectivity index (χ3v) is 3.52. The molecule has 0 saturated carbocycles. The zero-order chi connectivity index (χ0) is 13.8. The molecule has 2 N–H and O–H groups in total. The molecule has 0 fully saturated rings. The molecule has 0 atom stereocenters. The Labute approximate surface area is 119 Å². The maximum absolute atomic E-state index is 5.62. The first kappa shape index (κ1) is 12.9. The van der Waals surface area contributed by atoms with Gasteiger partial charge in [-0.25, -0.2) is 4.98 Å². The Kier molecular flexibility index (Phi) is 3.79. The van der Waals surface area contributed by atoms with Gasteiger partial charge in [-0.3, -0.25) is 0 Å². The second-order valence-electron chi connectivity index (χ2n) is 4.99. The number of hydrogen-bond acceptors (Lipinski definition) is 2. The number of rotatable bonds is 5. The molecular weight excluding hydrogens is 246 g/mol. The van der Waals surface area contributed by atoms with Crippen molar-refractivity contribution in [3.8, 4) is 0 Å². The maximum atomic E-state index is 5.62. The molecule has 2 heterocycles. The highest BCUT2D eigenvalue weighted by molar-refractivity contribution is 5.53. The van der Waals surface area contributed by atoms with Gasteiger partial charge in [0, 0.05) is 12.6 Å². The average Bonchev–Trinajstić information content (AvgIpc) is 2.85. The molecule has 20 heavy (non-hydrogen) atoms. The van der Waals surface area contributed by atoms with Gasteiger partial charge in [-0.1, -0.05) is 36.4 Å². The smallest absolute Gasteiger partial charge is 0.117 e. The van der Waals surface area contributed by atoms with Crippen LogP contribution in [0.1, 0.15) is 23.5 Å². The number of hydrogen-bond donors (Lipinski definition) is 1. The van der Waals surface area contributed by atoms with Crippen molar-refractivity contribution in [1.82, 2.24) is 9.38 Å². The zero-order valence-corrected chi connectivity index (χ0v) is 11.5. The summed E-state index contributed by atoms with van der Waals surface area (Å²) >= 11 is 0. The van der Waals surface area contributed by atoms with Crippen molar-refractivity contribution in [2.45, 2.75) is 19.3 Å². The van der Waals surface area contributed by atoms with Crippen molar-refractivity contribution in [3.63, 3.8) is 0 Å². The van der Waals surface area contributed by atoms with Gasteiger partial charge < -0.3 is 10.1 Å². The number of aromatic nitrogens is 2. The summed E-state index contributed by atoms with van der Waals surface area (Å²) in [4.78, 5) is 4.83. The van der Waals surface area contributed by atoms with Crippen LogP contribution in [0.25, 0.3) is 5.52 Å². The fourth-order valence-electron chi connectivity index (χ4n) is 2.53. The third-order valence-electron chi connectivity index (χ3n) is 3.52. The SMILES string of the molecule is NCCCc1nc(Cc2ccccc2)n2ccccc12. The second kappa shape index (κ2) is 5.88. The summed E-state index contributed by atoms with van der Waals surface area (Å²) in [5, 5.41) is 0. The predicted molar refractivity (Wildman–Crippen MR) is 81.8 cm³/mol. The lowest BCUT2D eigenvalue weighted by molar-refractivity contribution is 0.815. The average molecular weight is 265 g/mol. The van der Waals surface area contributed by atoms with E-state index in [0.29, 0.717) is 6.54 Å². The molecular formula is C17H19N3. The van der Waals surface area contributed by atoms with Crippen LogP contribution in [-0.2, 0) is 12.8 Å². The lowest BCUT2D eigenvalue weighted by Gasteiger charge is -2.01. The van der Waals surface area contributed by atoms with Crippen LogP contribution < -0.4 is 5.73 Å². The van der Waals surface area contributed by atoms with Crippen LogP contribution in [-0.4, -0.2) is 15.9 Å². The van der Waals surface area contributed by atoms with E-state index in [1.807, 2.05) is 6.07 Å². The monoisotopic (exact) mass is 265 g/mol. The van der Waals surface area contributed by atoms with Crippen molar-refractivity contribution in [1.29, 1.82) is 0 Å². The highest BCUT2D eigenvalue weighted by atomic mass is 15.0. The Bertz CT molecular complexity index is 686. The lowest BCUT2D eigenvalue weighted by atomic mass is 10.1. The molecule has 0 radical (unpaired) electrons. The van der Waals surface area contributed by atoms with Crippen LogP contribution in [0.2, 0.25) is 0 Å². The normalized spacial score (nSPS) is 11.1. The van der Waals surface area contributed by atoms with Crippen molar-refractivity contribution in [2.24, 2.45) is 5.73 Å². The van der Waals surface area contributed by atoms with Crippen LogP contribution >= 0.6 is 0 Å². The molecule has 0 amide bonds. The molecule has 0 aliphatic heterocycles. The number of fused-ring (bicyclic) bond motifs is 1. The first-order valence-corrected chi connectivity index (χ1v) is 7.07. The summed E-state index contributed by atoms with van der Waals surface area (Å²) in [7, 11) is 0. The van der Waals surface area contributed by atoms with Gasteiger partial charge in [-0.05, 0) is 37.1 Å². The fraction of sp³-hybridized carbons (Fsp3) is 0.235. The zero-order valence-electron chi connectivity index (χ0n) is 11.5. The summed E-state index contributed by atoms with van der Waals surface area (Å²) in [6, 6.07) is 16.7. The number of aryl methyl sites for hydroxylation is 1. The quantitative estimate of drug-likeness (QED) is 0.771. The molecule has 3 rings (SSSR count). The molecule has 1 aromatic carbocycles. The van der Waals surface area contributed by atoms with E-state index in [-0.39, 0.29) is 0 Å². The molecule has 0 unspecified atom stereocenters. The Morgan fingerprint density at radius 2 is 1.80 bits per heavy atom. The first-order chi connectivity index (χ1) is 9.88. The van der Waals surface area contributed by atoms with Gasteiger partial charge in [-0.15, -0.1) is 0 Å². The minimum absolute atomic E-state index is 0.708. The van der Waals surface area contributed by atoms with Gasteiger partial charge in [0.15, 0.2) is 0 Å². The Morgan fingerprint density at radius 3 is 2.60 bits per heavy atom. The Balaban J connectivity index is 1.98. The third kappa shape index (κ3) is 2.58. The van der Waals surface area contributed by atoms with Gasteiger partial charge in [0.1, 0.15) is 5.82 Å². The van der Waals surface area contributed by atoms with E-state index in [0.717, 1.165) is 30.8 Å². The minimum atomic E-state index is 0.708. The van der Waals surface area contributed by atoms with E-state index >= 15 is 0 Å². The van der Waals surface area contributed by atoms with E-state index in [4.69, 9.17) is 10.7 Å². The van der Waals surface area contributed by atoms with Gasteiger partial charge in [0.05, 0.1) is 11.2 Å². The first-order valence-electron chi connectivity index (χ1n) is 7.07. The molecule has 3 heteroatoms. The standard InChI is InChI=1S/C17H19N3/c18-11-6-9-15-16-10-4-5-12-20(16)17(19-15)13-14-7-2-1-3-8-14/h1-5,7-8,10,12H,6,9,11,13,18H2. The molecule has 0 saturated heterocycles. The fourth-order valence-corrected chi connectivity index (χ4v) is 2.53.